The highest BCUT2D eigenvalue weighted by molar-refractivity contribution is 7.80. The number of rotatable bonds is 4. The van der Waals surface area contributed by atoms with E-state index in [4.69, 9.17) is 18.0 Å². The van der Waals surface area contributed by atoms with Gasteiger partial charge in [0.1, 0.15) is 4.88 Å². The van der Waals surface area contributed by atoms with E-state index in [1.54, 1.807) is 0 Å². The first-order chi connectivity index (χ1) is 8.21. The van der Waals surface area contributed by atoms with Gasteiger partial charge in [0.05, 0.1) is 10.7 Å². The van der Waals surface area contributed by atoms with Crippen molar-refractivity contribution >= 4 is 34.6 Å². The quantitative estimate of drug-likeness (QED) is 0.822. The van der Waals surface area contributed by atoms with Gasteiger partial charge in [0, 0.05) is 17.9 Å². The van der Waals surface area contributed by atoms with Crippen LogP contribution >= 0.6 is 23.8 Å². The summed E-state index contributed by atoms with van der Waals surface area (Å²) in [7, 11) is 0. The van der Waals surface area contributed by atoms with Crippen molar-refractivity contribution in [3.05, 3.63) is 10.6 Å². The van der Waals surface area contributed by atoms with Crippen LogP contribution < -0.4 is 11.1 Å². The Labute approximate surface area is 116 Å². The monoisotopic (exact) mass is 286 g/mol. The summed E-state index contributed by atoms with van der Waals surface area (Å²) in [4.78, 5) is 13.0. The van der Waals surface area contributed by atoms with Crippen LogP contribution in [0.2, 0.25) is 0 Å². The molecule has 1 aromatic heterocycles. The van der Waals surface area contributed by atoms with Gasteiger partial charge in [-0.3, -0.25) is 4.79 Å². The Bertz CT molecular complexity index is 450. The number of carbonyl (C=O) groups is 1. The third kappa shape index (κ3) is 3.99. The summed E-state index contributed by atoms with van der Waals surface area (Å²) in [6, 6.07) is -0.0927. The topological polar surface area (TPSA) is 80.9 Å². The fourth-order valence-corrected chi connectivity index (χ4v) is 2.50. The molecule has 0 aliphatic carbocycles. The number of hydrogen-bond donors (Lipinski definition) is 2. The Morgan fingerprint density at radius 3 is 2.67 bits per heavy atom. The molecule has 100 valence electrons. The summed E-state index contributed by atoms with van der Waals surface area (Å²) in [5.74, 6) is -0.168. The van der Waals surface area contributed by atoms with Crippen LogP contribution in [0.3, 0.4) is 0 Å². The number of nitrogens with two attached hydrogens (primary N) is 1. The van der Waals surface area contributed by atoms with Gasteiger partial charge in [-0.15, -0.1) is 5.10 Å². The highest BCUT2D eigenvalue weighted by Gasteiger charge is 2.26. The maximum atomic E-state index is 12.1. The van der Waals surface area contributed by atoms with Gasteiger partial charge < -0.3 is 11.1 Å². The van der Waals surface area contributed by atoms with Crippen LogP contribution in [0.1, 0.15) is 49.5 Å². The van der Waals surface area contributed by atoms with Gasteiger partial charge in [-0.2, -0.15) is 0 Å². The Kier molecular flexibility index (Phi) is 4.75. The van der Waals surface area contributed by atoms with Gasteiger partial charge >= 0.3 is 0 Å². The van der Waals surface area contributed by atoms with Gasteiger partial charge in [-0.25, -0.2) is 0 Å². The van der Waals surface area contributed by atoms with Gasteiger partial charge in [0.25, 0.3) is 5.91 Å². The minimum Gasteiger partial charge on any atom is -0.393 e. The Morgan fingerprint density at radius 1 is 1.56 bits per heavy atom. The summed E-state index contributed by atoms with van der Waals surface area (Å²) in [5.41, 5.74) is 5.96. The molecule has 3 N–H and O–H groups in total. The number of nitrogens with one attached hydrogen (secondary N) is 1. The summed E-state index contributed by atoms with van der Waals surface area (Å²) >= 11 is 5.92. The molecule has 1 atom stereocenters. The van der Waals surface area contributed by atoms with E-state index in [1.807, 2.05) is 27.7 Å². The lowest BCUT2D eigenvalue weighted by atomic mass is 9.91. The van der Waals surface area contributed by atoms with Crippen LogP contribution in [0.5, 0.6) is 0 Å². The molecule has 0 aliphatic rings. The Hall–Kier alpha value is -1.08. The average Bonchev–Trinajstić information content (AvgIpc) is 2.62. The van der Waals surface area contributed by atoms with E-state index in [-0.39, 0.29) is 17.4 Å². The lowest BCUT2D eigenvalue weighted by molar-refractivity contribution is 0.0943. The van der Waals surface area contributed by atoms with Crippen LogP contribution in [-0.2, 0) is 5.41 Å². The lowest BCUT2D eigenvalue weighted by Crippen LogP contribution is -2.36. The fourth-order valence-electron chi connectivity index (χ4n) is 1.47. The van der Waals surface area contributed by atoms with Gasteiger partial charge in [0.15, 0.2) is 0 Å². The van der Waals surface area contributed by atoms with Crippen molar-refractivity contribution in [3.8, 4) is 0 Å². The first-order valence-corrected chi connectivity index (χ1v) is 6.82. The number of thiocarbonyl (C=S) groups is 1. The van der Waals surface area contributed by atoms with Gasteiger partial charge in [-0.05, 0) is 18.5 Å². The van der Waals surface area contributed by atoms with E-state index in [9.17, 15) is 4.79 Å². The first-order valence-electron chi connectivity index (χ1n) is 5.64. The fraction of sp³-hybridized carbons (Fsp3) is 0.636. The molecule has 0 bridgehead atoms. The number of hydrogen-bond acceptors (Lipinski definition) is 5. The third-order valence-corrected chi connectivity index (χ3v) is 3.18. The molecule has 0 spiro atoms. The number of aromatic nitrogens is 2. The molecule has 1 aromatic rings. The van der Waals surface area contributed by atoms with Gasteiger partial charge in [0.2, 0.25) is 0 Å². The van der Waals surface area contributed by atoms with Crippen molar-refractivity contribution in [2.75, 3.05) is 0 Å². The molecule has 0 radical (unpaired) electrons. The van der Waals surface area contributed by atoms with E-state index in [0.717, 1.165) is 11.5 Å². The molecule has 18 heavy (non-hydrogen) atoms. The normalized spacial score (nSPS) is 13.1. The van der Waals surface area contributed by atoms with E-state index in [0.29, 0.717) is 22.0 Å². The number of carbonyl (C=O) groups excluding carboxylic acids is 1. The average molecular weight is 286 g/mol. The second-order valence-electron chi connectivity index (χ2n) is 5.25. The predicted octanol–water partition coefficient (Wildman–Crippen LogP) is 1.63. The van der Waals surface area contributed by atoms with Crippen molar-refractivity contribution < 1.29 is 4.79 Å². The van der Waals surface area contributed by atoms with E-state index in [2.05, 4.69) is 14.9 Å². The second-order valence-corrected chi connectivity index (χ2v) is 6.52. The molecule has 1 rings (SSSR count). The highest BCUT2D eigenvalue weighted by Crippen LogP contribution is 2.25. The van der Waals surface area contributed by atoms with E-state index < -0.39 is 0 Å². The zero-order valence-corrected chi connectivity index (χ0v) is 12.6. The maximum absolute atomic E-state index is 12.1. The standard InChI is InChI=1S/C11H18N4OS2/c1-6(5-7(12)17)13-10(16)8-9(11(2,3)4)14-15-18-8/h6H,5H2,1-4H3,(H2,12,17)(H,13,16). The lowest BCUT2D eigenvalue weighted by Gasteiger charge is -2.17. The minimum absolute atomic E-state index is 0.0927. The van der Waals surface area contributed by atoms with Crippen LogP contribution in [0.25, 0.3) is 0 Å². The SMILES string of the molecule is CC(CC(N)=S)NC(=O)c1snnc1C(C)(C)C. The molecular weight excluding hydrogens is 268 g/mol. The van der Waals surface area contributed by atoms with Crippen LogP contribution in [0.15, 0.2) is 0 Å². The van der Waals surface area contributed by atoms with E-state index in [1.165, 1.54) is 0 Å². The summed E-state index contributed by atoms with van der Waals surface area (Å²) in [5, 5.41) is 6.88. The van der Waals surface area contributed by atoms with Crippen molar-refractivity contribution in [2.24, 2.45) is 5.73 Å². The number of nitrogens with zero attached hydrogens (tertiary/aromatic N) is 2. The van der Waals surface area contributed by atoms with Crippen LogP contribution in [0, 0.1) is 0 Å². The zero-order chi connectivity index (χ0) is 13.9. The third-order valence-electron chi connectivity index (χ3n) is 2.29. The van der Waals surface area contributed by atoms with Crippen molar-refractivity contribution in [1.29, 1.82) is 0 Å². The van der Waals surface area contributed by atoms with Crippen molar-refractivity contribution in [3.63, 3.8) is 0 Å². The summed E-state index contributed by atoms with van der Waals surface area (Å²) < 4.78 is 3.86. The van der Waals surface area contributed by atoms with Crippen molar-refractivity contribution in [2.45, 2.75) is 45.6 Å². The summed E-state index contributed by atoms with van der Waals surface area (Å²) in [6.07, 6.45) is 0.484. The minimum atomic E-state index is -0.202. The molecule has 1 amide bonds. The Balaban J connectivity index is 2.80. The largest absolute Gasteiger partial charge is 0.393 e. The molecule has 0 aromatic carbocycles. The number of amides is 1. The molecule has 1 unspecified atom stereocenters. The van der Waals surface area contributed by atoms with Crippen LogP contribution in [-0.4, -0.2) is 26.5 Å². The second kappa shape index (κ2) is 5.71. The molecule has 0 aliphatic heterocycles. The smallest absolute Gasteiger partial charge is 0.265 e. The molecule has 0 fully saturated rings. The molecular formula is C11H18N4OS2. The first kappa shape index (κ1) is 15.0. The molecule has 1 heterocycles. The van der Waals surface area contributed by atoms with E-state index >= 15 is 0 Å². The summed E-state index contributed by atoms with van der Waals surface area (Å²) in [6.45, 7) is 7.86. The predicted molar refractivity (Wildman–Crippen MR) is 76.9 cm³/mol. The highest BCUT2D eigenvalue weighted by atomic mass is 32.1. The molecule has 5 nitrogen and oxygen atoms in total. The Morgan fingerprint density at radius 2 is 2.17 bits per heavy atom. The van der Waals surface area contributed by atoms with Gasteiger partial charge in [-0.1, -0.05) is 37.5 Å². The molecule has 7 heteroatoms. The van der Waals surface area contributed by atoms with Crippen LogP contribution in [0.4, 0.5) is 0 Å². The zero-order valence-electron chi connectivity index (χ0n) is 11.0. The molecule has 0 saturated heterocycles. The maximum Gasteiger partial charge on any atom is 0.265 e. The van der Waals surface area contributed by atoms with Crippen molar-refractivity contribution in [1.82, 2.24) is 14.9 Å². The molecule has 0 saturated carbocycles.